The van der Waals surface area contributed by atoms with Gasteiger partial charge in [-0.1, -0.05) is 12.1 Å². The number of nitrogens with zero attached hydrogens (tertiary/aromatic N) is 2. The highest BCUT2D eigenvalue weighted by Crippen LogP contribution is 2.14. The molecule has 0 saturated heterocycles. The van der Waals surface area contributed by atoms with E-state index < -0.39 is 6.10 Å². The Morgan fingerprint density at radius 1 is 1.37 bits per heavy atom. The maximum atomic E-state index is 9.69. The molecule has 19 heavy (non-hydrogen) atoms. The maximum Gasteiger partial charge on any atom is 0.0900 e. The Bertz CT molecular complexity index is 530. The van der Waals surface area contributed by atoms with Crippen molar-refractivity contribution in [3.63, 3.8) is 0 Å². The molecule has 1 aromatic carbocycles. The quantitative estimate of drug-likeness (QED) is 0.858. The van der Waals surface area contributed by atoms with Gasteiger partial charge in [0, 0.05) is 31.8 Å². The topological polar surface area (TPSA) is 45.6 Å². The molecule has 0 fully saturated rings. The lowest BCUT2D eigenvalue weighted by molar-refractivity contribution is 0.0419. The number of ether oxygens (including phenoxy) is 1. The van der Waals surface area contributed by atoms with E-state index in [1.165, 1.54) is 5.56 Å². The monoisotopic (exact) mass is 260 g/mol. The Labute approximate surface area is 113 Å². The summed E-state index contributed by atoms with van der Waals surface area (Å²) >= 11 is 0. The standard InChI is InChI=1S/C15H20N2O2/c1-17(10-14(18)11-19-2)9-12-5-6-15-13(8-12)4-3-7-16-15/h3-8,14,18H,9-11H2,1-2H3. The first-order valence-corrected chi connectivity index (χ1v) is 6.38. The van der Waals surface area contributed by atoms with Crippen LogP contribution in [-0.4, -0.2) is 48.4 Å². The number of likely N-dealkylation sites (N-methyl/N-ethyl adjacent to an activating group) is 1. The molecule has 1 unspecified atom stereocenters. The fourth-order valence-corrected chi connectivity index (χ4v) is 2.20. The number of methoxy groups -OCH3 is 1. The van der Waals surface area contributed by atoms with E-state index in [9.17, 15) is 5.11 Å². The summed E-state index contributed by atoms with van der Waals surface area (Å²) < 4.78 is 4.93. The largest absolute Gasteiger partial charge is 0.389 e. The zero-order valence-corrected chi connectivity index (χ0v) is 11.4. The smallest absolute Gasteiger partial charge is 0.0900 e. The highest BCUT2D eigenvalue weighted by Gasteiger charge is 2.08. The molecule has 1 N–H and O–H groups in total. The van der Waals surface area contributed by atoms with E-state index in [0.717, 1.165) is 17.4 Å². The van der Waals surface area contributed by atoms with E-state index in [1.807, 2.05) is 19.2 Å². The van der Waals surface area contributed by atoms with Gasteiger partial charge in [-0.15, -0.1) is 0 Å². The van der Waals surface area contributed by atoms with Gasteiger partial charge in [-0.3, -0.25) is 9.88 Å². The lowest BCUT2D eigenvalue weighted by Gasteiger charge is -2.20. The van der Waals surface area contributed by atoms with Crippen molar-refractivity contribution in [2.75, 3.05) is 27.3 Å². The number of benzene rings is 1. The molecular weight excluding hydrogens is 240 g/mol. The third-order valence-corrected chi connectivity index (χ3v) is 3.00. The summed E-state index contributed by atoms with van der Waals surface area (Å²) in [5, 5.41) is 10.8. The number of pyridine rings is 1. The van der Waals surface area contributed by atoms with Crippen LogP contribution in [0.2, 0.25) is 0 Å². The minimum atomic E-state index is -0.447. The van der Waals surface area contributed by atoms with Crippen LogP contribution in [0, 0.1) is 0 Å². The van der Waals surface area contributed by atoms with Gasteiger partial charge in [0.2, 0.25) is 0 Å². The van der Waals surface area contributed by atoms with Gasteiger partial charge in [0.25, 0.3) is 0 Å². The number of aliphatic hydroxyl groups excluding tert-OH is 1. The normalized spacial score (nSPS) is 13.1. The summed E-state index contributed by atoms with van der Waals surface area (Å²) in [6.45, 7) is 1.76. The van der Waals surface area contributed by atoms with Gasteiger partial charge in [-0.25, -0.2) is 0 Å². The van der Waals surface area contributed by atoms with Gasteiger partial charge in [0.15, 0.2) is 0 Å². The van der Waals surface area contributed by atoms with Crippen LogP contribution in [0.15, 0.2) is 36.5 Å². The number of hydrogen-bond donors (Lipinski definition) is 1. The van der Waals surface area contributed by atoms with Crippen LogP contribution < -0.4 is 0 Å². The van der Waals surface area contributed by atoms with E-state index >= 15 is 0 Å². The van der Waals surface area contributed by atoms with Gasteiger partial charge in [-0.05, 0) is 30.8 Å². The fourth-order valence-electron chi connectivity index (χ4n) is 2.20. The number of hydrogen-bond acceptors (Lipinski definition) is 4. The minimum absolute atomic E-state index is 0.367. The van der Waals surface area contributed by atoms with Crippen molar-refractivity contribution in [1.82, 2.24) is 9.88 Å². The molecule has 0 saturated carbocycles. The summed E-state index contributed by atoms with van der Waals surface area (Å²) in [5.74, 6) is 0. The molecule has 0 bridgehead atoms. The van der Waals surface area contributed by atoms with Crippen LogP contribution >= 0.6 is 0 Å². The molecule has 0 aliphatic carbocycles. The van der Waals surface area contributed by atoms with Crippen molar-refractivity contribution in [3.05, 3.63) is 42.1 Å². The predicted molar refractivity (Wildman–Crippen MR) is 76.0 cm³/mol. The summed E-state index contributed by atoms with van der Waals surface area (Å²) in [6, 6.07) is 10.3. The Balaban J connectivity index is 2.00. The van der Waals surface area contributed by atoms with Crippen molar-refractivity contribution < 1.29 is 9.84 Å². The minimum Gasteiger partial charge on any atom is -0.389 e. The van der Waals surface area contributed by atoms with Crippen molar-refractivity contribution in [1.29, 1.82) is 0 Å². The third-order valence-electron chi connectivity index (χ3n) is 3.00. The summed E-state index contributed by atoms with van der Waals surface area (Å²) in [7, 11) is 3.59. The van der Waals surface area contributed by atoms with Crippen LogP contribution in [-0.2, 0) is 11.3 Å². The van der Waals surface area contributed by atoms with Gasteiger partial charge < -0.3 is 9.84 Å². The summed E-state index contributed by atoms with van der Waals surface area (Å²) in [4.78, 5) is 6.39. The van der Waals surface area contributed by atoms with Gasteiger partial charge >= 0.3 is 0 Å². The molecular formula is C15H20N2O2. The molecule has 4 nitrogen and oxygen atoms in total. The van der Waals surface area contributed by atoms with Gasteiger partial charge in [-0.2, -0.15) is 0 Å². The van der Waals surface area contributed by atoms with Crippen molar-refractivity contribution >= 4 is 10.9 Å². The number of rotatable bonds is 6. The number of fused-ring (bicyclic) bond motifs is 1. The Morgan fingerprint density at radius 2 is 2.21 bits per heavy atom. The van der Waals surface area contributed by atoms with E-state index in [-0.39, 0.29) is 0 Å². The van der Waals surface area contributed by atoms with Gasteiger partial charge in [0.1, 0.15) is 0 Å². The molecule has 1 heterocycles. The van der Waals surface area contributed by atoms with Gasteiger partial charge in [0.05, 0.1) is 18.2 Å². The van der Waals surface area contributed by atoms with Crippen molar-refractivity contribution in [2.45, 2.75) is 12.6 Å². The average molecular weight is 260 g/mol. The Hall–Kier alpha value is -1.49. The molecule has 0 spiro atoms. The molecule has 4 heteroatoms. The lowest BCUT2D eigenvalue weighted by Crippen LogP contribution is -2.31. The van der Waals surface area contributed by atoms with Crippen LogP contribution in [0.3, 0.4) is 0 Å². The number of aromatic nitrogens is 1. The summed E-state index contributed by atoms with van der Waals surface area (Å²) in [5.41, 5.74) is 2.22. The first-order chi connectivity index (χ1) is 9.19. The van der Waals surface area contributed by atoms with Crippen LogP contribution in [0.25, 0.3) is 10.9 Å². The van der Waals surface area contributed by atoms with Crippen LogP contribution in [0.4, 0.5) is 0 Å². The molecule has 2 rings (SSSR count). The highest BCUT2D eigenvalue weighted by atomic mass is 16.5. The fraction of sp³-hybridized carbons (Fsp3) is 0.400. The maximum absolute atomic E-state index is 9.69. The SMILES string of the molecule is COCC(O)CN(C)Cc1ccc2ncccc2c1. The average Bonchev–Trinajstić information content (AvgIpc) is 2.38. The molecule has 2 aromatic rings. The molecule has 0 radical (unpaired) electrons. The second-order valence-corrected chi connectivity index (χ2v) is 4.84. The van der Waals surface area contributed by atoms with Crippen molar-refractivity contribution in [2.24, 2.45) is 0 Å². The first-order valence-electron chi connectivity index (χ1n) is 6.38. The zero-order chi connectivity index (χ0) is 13.7. The molecule has 0 amide bonds. The predicted octanol–water partition coefficient (Wildman–Crippen LogP) is 1.67. The highest BCUT2D eigenvalue weighted by molar-refractivity contribution is 5.78. The third kappa shape index (κ3) is 3.99. The Kier molecular flexibility index (Phi) is 4.85. The van der Waals surface area contributed by atoms with Crippen molar-refractivity contribution in [3.8, 4) is 0 Å². The second kappa shape index (κ2) is 6.61. The van der Waals surface area contributed by atoms with E-state index in [4.69, 9.17) is 4.74 Å². The molecule has 1 atom stereocenters. The summed E-state index contributed by atoms with van der Waals surface area (Å²) in [6.07, 6.45) is 1.35. The lowest BCUT2D eigenvalue weighted by atomic mass is 10.1. The van der Waals surface area contributed by atoms with Crippen LogP contribution in [0.1, 0.15) is 5.56 Å². The first kappa shape index (κ1) is 13.9. The molecule has 0 aliphatic rings. The van der Waals surface area contributed by atoms with E-state index in [0.29, 0.717) is 13.2 Å². The number of aliphatic hydroxyl groups is 1. The zero-order valence-electron chi connectivity index (χ0n) is 11.4. The van der Waals surface area contributed by atoms with E-state index in [1.54, 1.807) is 13.3 Å². The molecule has 102 valence electrons. The van der Waals surface area contributed by atoms with Crippen LogP contribution in [0.5, 0.6) is 0 Å². The molecule has 1 aromatic heterocycles. The molecule has 0 aliphatic heterocycles. The second-order valence-electron chi connectivity index (χ2n) is 4.84. The van der Waals surface area contributed by atoms with E-state index in [2.05, 4.69) is 28.1 Å². The Morgan fingerprint density at radius 3 is 3.00 bits per heavy atom.